The van der Waals surface area contributed by atoms with Crippen LogP contribution < -0.4 is 10.6 Å². The third-order valence-corrected chi connectivity index (χ3v) is 3.07. The van der Waals surface area contributed by atoms with Crippen molar-refractivity contribution in [1.29, 1.82) is 0 Å². The molecule has 0 aliphatic carbocycles. The molecular formula is C17H15N3O5. The third kappa shape index (κ3) is 5.17. The van der Waals surface area contributed by atoms with Crippen molar-refractivity contribution < 1.29 is 19.6 Å². The molecular weight excluding hydrogens is 326 g/mol. The van der Waals surface area contributed by atoms with Crippen LogP contribution in [0.5, 0.6) is 5.75 Å². The monoisotopic (exact) mass is 341 g/mol. The maximum atomic E-state index is 12.4. The van der Waals surface area contributed by atoms with Crippen molar-refractivity contribution >= 4 is 29.3 Å². The van der Waals surface area contributed by atoms with Gasteiger partial charge in [-0.1, -0.05) is 12.1 Å². The Labute approximate surface area is 142 Å². The van der Waals surface area contributed by atoms with E-state index in [1.807, 2.05) is 0 Å². The molecule has 0 saturated carbocycles. The average molecular weight is 341 g/mol. The molecule has 25 heavy (non-hydrogen) atoms. The highest BCUT2D eigenvalue weighted by atomic mass is 16.6. The summed E-state index contributed by atoms with van der Waals surface area (Å²) in [6.45, 7) is 1.25. The van der Waals surface area contributed by atoms with E-state index in [0.29, 0.717) is 11.3 Å². The third-order valence-electron chi connectivity index (χ3n) is 3.07. The number of phenolic OH excluding ortho intramolecular Hbond substituents is 1. The van der Waals surface area contributed by atoms with E-state index in [2.05, 4.69) is 10.6 Å². The Balaban J connectivity index is 2.29. The second-order valence-electron chi connectivity index (χ2n) is 5.09. The van der Waals surface area contributed by atoms with Crippen LogP contribution in [0.15, 0.2) is 54.2 Å². The number of amides is 2. The van der Waals surface area contributed by atoms with Crippen LogP contribution in [0.1, 0.15) is 12.5 Å². The topological polar surface area (TPSA) is 122 Å². The Bertz CT molecular complexity index is 844. The molecule has 0 spiro atoms. The van der Waals surface area contributed by atoms with E-state index in [1.165, 1.54) is 55.5 Å². The molecule has 2 aromatic carbocycles. The van der Waals surface area contributed by atoms with Gasteiger partial charge in [0, 0.05) is 24.7 Å². The van der Waals surface area contributed by atoms with Crippen LogP contribution >= 0.6 is 0 Å². The van der Waals surface area contributed by atoms with Gasteiger partial charge >= 0.3 is 0 Å². The molecule has 2 aromatic rings. The van der Waals surface area contributed by atoms with Gasteiger partial charge in [-0.15, -0.1) is 0 Å². The van der Waals surface area contributed by atoms with Gasteiger partial charge < -0.3 is 15.7 Å². The molecule has 0 heterocycles. The summed E-state index contributed by atoms with van der Waals surface area (Å²) in [5.74, 6) is -1.02. The van der Waals surface area contributed by atoms with E-state index in [-0.39, 0.29) is 17.1 Å². The number of hydrogen-bond donors (Lipinski definition) is 3. The number of benzene rings is 2. The van der Waals surface area contributed by atoms with Gasteiger partial charge in [0.15, 0.2) is 0 Å². The zero-order valence-corrected chi connectivity index (χ0v) is 13.2. The molecule has 2 rings (SSSR count). The number of nitro groups is 1. The van der Waals surface area contributed by atoms with Gasteiger partial charge in [-0.2, -0.15) is 0 Å². The molecule has 128 valence electrons. The van der Waals surface area contributed by atoms with Gasteiger partial charge in [0.25, 0.3) is 11.6 Å². The summed E-state index contributed by atoms with van der Waals surface area (Å²) in [7, 11) is 0. The summed E-state index contributed by atoms with van der Waals surface area (Å²) in [5.41, 5.74) is 0.604. The van der Waals surface area contributed by atoms with Crippen molar-refractivity contribution in [2.45, 2.75) is 6.92 Å². The second-order valence-corrected chi connectivity index (χ2v) is 5.09. The molecule has 0 unspecified atom stereocenters. The molecule has 0 atom stereocenters. The summed E-state index contributed by atoms with van der Waals surface area (Å²) in [6, 6.07) is 11.4. The number of non-ortho nitro benzene ring substituents is 1. The number of aromatic hydroxyl groups is 1. The van der Waals surface area contributed by atoms with Crippen LogP contribution in [0, 0.1) is 10.1 Å². The highest BCUT2D eigenvalue weighted by Gasteiger charge is 2.13. The number of rotatable bonds is 5. The molecule has 0 aromatic heterocycles. The molecule has 0 fully saturated rings. The Morgan fingerprint density at radius 1 is 1.16 bits per heavy atom. The van der Waals surface area contributed by atoms with Gasteiger partial charge in [0.1, 0.15) is 11.4 Å². The van der Waals surface area contributed by atoms with Crippen LogP contribution in [0.25, 0.3) is 6.08 Å². The summed E-state index contributed by atoms with van der Waals surface area (Å²) < 4.78 is 0. The van der Waals surface area contributed by atoms with Crippen LogP contribution in [-0.2, 0) is 9.59 Å². The summed E-state index contributed by atoms with van der Waals surface area (Å²) in [4.78, 5) is 34.0. The van der Waals surface area contributed by atoms with Gasteiger partial charge in [-0.05, 0) is 35.9 Å². The van der Waals surface area contributed by atoms with Gasteiger partial charge in [0.2, 0.25) is 5.91 Å². The lowest BCUT2D eigenvalue weighted by Crippen LogP contribution is -2.28. The van der Waals surface area contributed by atoms with E-state index in [1.54, 1.807) is 6.07 Å². The molecule has 0 aliphatic heterocycles. The summed E-state index contributed by atoms with van der Waals surface area (Å²) >= 11 is 0. The van der Waals surface area contributed by atoms with Crippen molar-refractivity contribution in [1.82, 2.24) is 5.32 Å². The molecule has 8 heteroatoms. The number of nitro benzene ring substituents is 1. The number of carbonyl (C=O) groups is 2. The summed E-state index contributed by atoms with van der Waals surface area (Å²) in [6.07, 6.45) is 1.34. The van der Waals surface area contributed by atoms with Crippen molar-refractivity contribution in [2.75, 3.05) is 5.32 Å². The van der Waals surface area contributed by atoms with E-state index in [4.69, 9.17) is 0 Å². The molecule has 0 bridgehead atoms. The van der Waals surface area contributed by atoms with Gasteiger partial charge in [0.05, 0.1) is 4.92 Å². The zero-order chi connectivity index (χ0) is 18.4. The predicted octanol–water partition coefficient (Wildman–Crippen LogP) is 2.42. The molecule has 0 aliphatic rings. The van der Waals surface area contributed by atoms with Crippen molar-refractivity contribution in [3.8, 4) is 5.75 Å². The highest BCUT2D eigenvalue weighted by molar-refractivity contribution is 6.08. The predicted molar refractivity (Wildman–Crippen MR) is 91.6 cm³/mol. The van der Waals surface area contributed by atoms with Gasteiger partial charge in [-0.25, -0.2) is 0 Å². The number of carbonyl (C=O) groups excluding carboxylic acids is 2. The maximum absolute atomic E-state index is 12.4. The fourth-order valence-corrected chi connectivity index (χ4v) is 1.99. The Hall–Kier alpha value is -3.68. The number of phenols is 1. The molecule has 0 radical (unpaired) electrons. The minimum absolute atomic E-state index is 0.0484. The van der Waals surface area contributed by atoms with Crippen molar-refractivity contribution in [3.63, 3.8) is 0 Å². The number of hydrogen-bond acceptors (Lipinski definition) is 5. The number of anilines is 1. The van der Waals surface area contributed by atoms with Crippen LogP contribution in [-0.4, -0.2) is 21.8 Å². The second kappa shape index (κ2) is 7.73. The van der Waals surface area contributed by atoms with Crippen LogP contribution in [0.3, 0.4) is 0 Å². The minimum Gasteiger partial charge on any atom is -0.508 e. The zero-order valence-electron chi connectivity index (χ0n) is 13.2. The van der Waals surface area contributed by atoms with Crippen LogP contribution in [0.4, 0.5) is 11.4 Å². The van der Waals surface area contributed by atoms with Crippen LogP contribution in [0.2, 0.25) is 0 Å². The Kier molecular flexibility index (Phi) is 5.47. The molecule has 2 amide bonds. The number of nitrogens with one attached hydrogen (secondary N) is 2. The van der Waals surface area contributed by atoms with E-state index < -0.39 is 16.7 Å². The first-order valence-electron chi connectivity index (χ1n) is 7.19. The van der Waals surface area contributed by atoms with E-state index >= 15 is 0 Å². The first kappa shape index (κ1) is 17.7. The van der Waals surface area contributed by atoms with Crippen molar-refractivity contribution in [2.24, 2.45) is 0 Å². The first-order chi connectivity index (χ1) is 11.8. The lowest BCUT2D eigenvalue weighted by Gasteiger charge is -2.10. The lowest BCUT2D eigenvalue weighted by atomic mass is 10.1. The Morgan fingerprint density at radius 2 is 1.84 bits per heavy atom. The smallest absolute Gasteiger partial charge is 0.272 e. The molecule has 3 N–H and O–H groups in total. The summed E-state index contributed by atoms with van der Waals surface area (Å²) in [5, 5.41) is 25.0. The highest BCUT2D eigenvalue weighted by Crippen LogP contribution is 2.17. The minimum atomic E-state index is -0.604. The fraction of sp³-hybridized carbons (Fsp3) is 0.0588. The maximum Gasteiger partial charge on any atom is 0.272 e. The van der Waals surface area contributed by atoms with E-state index in [9.17, 15) is 24.8 Å². The van der Waals surface area contributed by atoms with Crippen molar-refractivity contribution in [3.05, 3.63) is 69.9 Å². The molecule has 0 saturated heterocycles. The standard InChI is InChI=1S/C17H15N3O5/c1-11(21)18-16(10-12-3-2-4-14(9-12)20(24)25)17(23)19-13-5-7-15(22)8-6-13/h2-10,22H,1H3,(H,18,21)(H,19,23)/b16-10-. The average Bonchev–Trinajstić information content (AvgIpc) is 2.56. The SMILES string of the molecule is CC(=O)N/C(=C\c1cccc([N+](=O)[O-])c1)C(=O)Nc1ccc(O)cc1. The lowest BCUT2D eigenvalue weighted by molar-refractivity contribution is -0.384. The first-order valence-corrected chi connectivity index (χ1v) is 7.19. The van der Waals surface area contributed by atoms with E-state index in [0.717, 1.165) is 0 Å². The number of nitrogens with zero attached hydrogens (tertiary/aromatic N) is 1. The molecule has 8 nitrogen and oxygen atoms in total. The van der Waals surface area contributed by atoms with Gasteiger partial charge in [-0.3, -0.25) is 19.7 Å². The Morgan fingerprint density at radius 3 is 2.44 bits per heavy atom. The largest absolute Gasteiger partial charge is 0.508 e. The fourth-order valence-electron chi connectivity index (χ4n) is 1.99. The quantitative estimate of drug-likeness (QED) is 0.334. The normalized spacial score (nSPS) is 10.8.